The number of carbonyl (C=O) groups excluding carboxylic acids is 1. The van der Waals surface area contributed by atoms with Gasteiger partial charge in [-0.3, -0.25) is 4.79 Å². The van der Waals surface area contributed by atoms with Crippen LogP contribution in [-0.2, 0) is 9.53 Å². The number of piperidine rings is 1. The lowest BCUT2D eigenvalue weighted by Crippen LogP contribution is -2.47. The molecule has 4 heteroatoms. The van der Waals surface area contributed by atoms with E-state index in [-0.39, 0.29) is 11.5 Å². The zero-order valence-corrected chi connectivity index (χ0v) is 12.4. The number of nitrogens with zero attached hydrogens (tertiary/aromatic N) is 1. The summed E-state index contributed by atoms with van der Waals surface area (Å²) in [6, 6.07) is 0. The number of hydrogen-bond donors (Lipinski definition) is 1. The predicted octanol–water partition coefficient (Wildman–Crippen LogP) is 1.79. The van der Waals surface area contributed by atoms with E-state index >= 15 is 0 Å². The largest absolute Gasteiger partial charge is 0.378 e. The van der Waals surface area contributed by atoms with E-state index in [0.717, 1.165) is 39.0 Å². The average Bonchev–Trinajstić information content (AvgIpc) is 2.41. The maximum Gasteiger partial charge on any atom is 0.225 e. The topological polar surface area (TPSA) is 41.6 Å². The maximum absolute atomic E-state index is 12.4. The Morgan fingerprint density at radius 3 is 2.68 bits per heavy atom. The summed E-state index contributed by atoms with van der Waals surface area (Å²) < 4.78 is 5.57. The van der Waals surface area contributed by atoms with Crippen LogP contribution in [0.3, 0.4) is 0 Å². The van der Waals surface area contributed by atoms with Crippen molar-refractivity contribution in [2.45, 2.75) is 51.0 Å². The molecule has 1 amide bonds. The first-order valence-corrected chi connectivity index (χ1v) is 7.73. The van der Waals surface area contributed by atoms with E-state index in [0.29, 0.717) is 12.3 Å². The van der Waals surface area contributed by atoms with E-state index in [2.05, 4.69) is 12.2 Å². The third-order valence-electron chi connectivity index (χ3n) is 4.78. The first-order valence-electron chi connectivity index (χ1n) is 7.73. The Morgan fingerprint density at radius 2 is 2.21 bits per heavy atom. The monoisotopic (exact) mass is 268 g/mol. The fraction of sp³-hybridized carbons (Fsp3) is 0.933. The summed E-state index contributed by atoms with van der Waals surface area (Å²) in [5.41, 5.74) is -0.144. The Balaban J connectivity index is 1.83. The summed E-state index contributed by atoms with van der Waals surface area (Å²) >= 11 is 0. The van der Waals surface area contributed by atoms with Gasteiger partial charge in [0.25, 0.3) is 0 Å². The highest BCUT2D eigenvalue weighted by Crippen LogP contribution is 2.38. The second-order valence-corrected chi connectivity index (χ2v) is 6.06. The van der Waals surface area contributed by atoms with Crippen molar-refractivity contribution in [1.82, 2.24) is 10.2 Å². The Hall–Kier alpha value is -0.610. The second-order valence-electron chi connectivity index (χ2n) is 6.06. The van der Waals surface area contributed by atoms with Crippen molar-refractivity contribution >= 4 is 5.91 Å². The van der Waals surface area contributed by atoms with Gasteiger partial charge in [-0.1, -0.05) is 0 Å². The molecule has 0 aromatic heterocycles. The van der Waals surface area contributed by atoms with Crippen LogP contribution in [0.1, 0.15) is 45.4 Å². The first kappa shape index (κ1) is 14.8. The van der Waals surface area contributed by atoms with Gasteiger partial charge in [-0.25, -0.2) is 0 Å². The van der Waals surface area contributed by atoms with E-state index in [9.17, 15) is 4.79 Å². The van der Waals surface area contributed by atoms with Crippen molar-refractivity contribution in [2.24, 2.45) is 5.92 Å². The van der Waals surface area contributed by atoms with E-state index in [4.69, 9.17) is 4.74 Å². The third-order valence-corrected chi connectivity index (χ3v) is 4.78. The lowest BCUT2D eigenvalue weighted by atomic mass is 9.77. The molecule has 1 atom stereocenters. The Kier molecular flexibility index (Phi) is 5.22. The van der Waals surface area contributed by atoms with Crippen molar-refractivity contribution in [3.63, 3.8) is 0 Å². The van der Waals surface area contributed by atoms with Gasteiger partial charge < -0.3 is 15.0 Å². The number of hydrogen-bond acceptors (Lipinski definition) is 3. The molecule has 1 heterocycles. The molecule has 1 saturated heterocycles. The molecule has 1 aliphatic heterocycles. The quantitative estimate of drug-likeness (QED) is 0.798. The molecule has 1 N–H and O–H groups in total. The SMILES string of the molecule is CCN(CC1CCCNC1)C(=O)CC1(OC)CCC1. The van der Waals surface area contributed by atoms with Gasteiger partial charge in [-0.05, 0) is 58.0 Å². The Bertz CT molecular complexity index is 291. The third kappa shape index (κ3) is 3.69. The fourth-order valence-electron chi connectivity index (χ4n) is 3.21. The summed E-state index contributed by atoms with van der Waals surface area (Å²) in [5, 5.41) is 3.42. The summed E-state index contributed by atoms with van der Waals surface area (Å²) in [4.78, 5) is 14.5. The zero-order chi connectivity index (χ0) is 13.7. The molecule has 1 aliphatic carbocycles. The molecule has 2 fully saturated rings. The van der Waals surface area contributed by atoms with Crippen LogP contribution < -0.4 is 5.32 Å². The van der Waals surface area contributed by atoms with E-state index in [1.54, 1.807) is 7.11 Å². The molecule has 110 valence electrons. The number of methoxy groups -OCH3 is 1. The van der Waals surface area contributed by atoms with Crippen LogP contribution in [0.25, 0.3) is 0 Å². The molecule has 4 nitrogen and oxygen atoms in total. The van der Waals surface area contributed by atoms with Crippen molar-refractivity contribution < 1.29 is 9.53 Å². The molecular weight excluding hydrogens is 240 g/mol. The van der Waals surface area contributed by atoms with Gasteiger partial charge in [0, 0.05) is 20.2 Å². The number of nitrogens with one attached hydrogen (secondary N) is 1. The number of amides is 1. The number of ether oxygens (including phenoxy) is 1. The molecule has 0 bridgehead atoms. The molecule has 2 aliphatic rings. The number of rotatable bonds is 6. The number of carbonyl (C=O) groups is 1. The average molecular weight is 268 g/mol. The second kappa shape index (κ2) is 6.71. The van der Waals surface area contributed by atoms with Crippen molar-refractivity contribution in [1.29, 1.82) is 0 Å². The van der Waals surface area contributed by atoms with Crippen LogP contribution in [0.4, 0.5) is 0 Å². The molecule has 0 radical (unpaired) electrons. The summed E-state index contributed by atoms with van der Waals surface area (Å²) in [7, 11) is 1.74. The molecule has 2 rings (SSSR count). The minimum atomic E-state index is -0.144. The predicted molar refractivity (Wildman–Crippen MR) is 76.1 cm³/mol. The van der Waals surface area contributed by atoms with Crippen molar-refractivity contribution in [2.75, 3.05) is 33.3 Å². The highest BCUT2D eigenvalue weighted by Gasteiger charge is 2.40. The molecular formula is C15H28N2O2. The molecule has 0 aromatic carbocycles. The van der Waals surface area contributed by atoms with Gasteiger partial charge in [-0.2, -0.15) is 0 Å². The standard InChI is InChI=1S/C15H28N2O2/c1-3-17(12-13-6-4-9-16-11-13)14(18)10-15(19-2)7-5-8-15/h13,16H,3-12H2,1-2H3. The summed E-state index contributed by atoms with van der Waals surface area (Å²) in [5.74, 6) is 0.896. The minimum Gasteiger partial charge on any atom is -0.378 e. The smallest absolute Gasteiger partial charge is 0.225 e. The van der Waals surface area contributed by atoms with Crippen LogP contribution in [-0.4, -0.2) is 49.7 Å². The fourth-order valence-corrected chi connectivity index (χ4v) is 3.21. The van der Waals surface area contributed by atoms with Crippen molar-refractivity contribution in [3.05, 3.63) is 0 Å². The minimum absolute atomic E-state index is 0.144. The van der Waals surface area contributed by atoms with Gasteiger partial charge in [0.2, 0.25) is 5.91 Å². The first-order chi connectivity index (χ1) is 9.19. The van der Waals surface area contributed by atoms with Gasteiger partial charge in [0.05, 0.1) is 12.0 Å². The van der Waals surface area contributed by atoms with E-state index in [1.165, 1.54) is 19.3 Å². The highest BCUT2D eigenvalue weighted by molar-refractivity contribution is 5.77. The van der Waals surface area contributed by atoms with E-state index < -0.39 is 0 Å². The van der Waals surface area contributed by atoms with Gasteiger partial charge >= 0.3 is 0 Å². The molecule has 0 aromatic rings. The van der Waals surface area contributed by atoms with Crippen LogP contribution in [0.5, 0.6) is 0 Å². The van der Waals surface area contributed by atoms with Crippen molar-refractivity contribution in [3.8, 4) is 0 Å². The molecule has 1 saturated carbocycles. The zero-order valence-electron chi connectivity index (χ0n) is 12.4. The van der Waals surface area contributed by atoms with Crippen LogP contribution in [0, 0.1) is 5.92 Å². The summed E-state index contributed by atoms with van der Waals surface area (Å²) in [6.07, 6.45) is 6.32. The Morgan fingerprint density at radius 1 is 1.42 bits per heavy atom. The van der Waals surface area contributed by atoms with Crippen LogP contribution in [0.15, 0.2) is 0 Å². The summed E-state index contributed by atoms with van der Waals surface area (Å²) in [6.45, 7) is 5.98. The normalized spacial score (nSPS) is 25.7. The van der Waals surface area contributed by atoms with Crippen LogP contribution >= 0.6 is 0 Å². The molecule has 0 spiro atoms. The van der Waals surface area contributed by atoms with E-state index in [1.807, 2.05) is 4.90 Å². The lowest BCUT2D eigenvalue weighted by molar-refractivity contribution is -0.144. The Labute approximate surface area is 116 Å². The lowest BCUT2D eigenvalue weighted by Gasteiger charge is -2.41. The van der Waals surface area contributed by atoms with Crippen LogP contribution in [0.2, 0.25) is 0 Å². The molecule has 19 heavy (non-hydrogen) atoms. The van der Waals surface area contributed by atoms with Gasteiger partial charge in [0.1, 0.15) is 0 Å². The van der Waals surface area contributed by atoms with Gasteiger partial charge in [-0.15, -0.1) is 0 Å². The highest BCUT2D eigenvalue weighted by atomic mass is 16.5. The molecule has 1 unspecified atom stereocenters. The van der Waals surface area contributed by atoms with Gasteiger partial charge in [0.15, 0.2) is 0 Å². The maximum atomic E-state index is 12.4.